The molecule has 7 heteroatoms. The molecule has 5 nitrogen and oxygen atoms in total. The maximum Gasteiger partial charge on any atom is 0.253 e. The van der Waals surface area contributed by atoms with Crippen LogP contribution >= 0.6 is 23.2 Å². The predicted octanol–water partition coefficient (Wildman–Crippen LogP) is 2.98. The van der Waals surface area contributed by atoms with Gasteiger partial charge < -0.3 is 14.5 Å². The Balaban J connectivity index is 2.18. The van der Waals surface area contributed by atoms with Crippen LogP contribution in [0.5, 0.6) is 5.75 Å². The third-order valence-corrected chi connectivity index (χ3v) is 2.86. The first kappa shape index (κ1) is 14.1. The number of aromatic nitrogens is 2. The molecule has 0 unspecified atom stereocenters. The Hall–Kier alpha value is -1.30. The molecule has 102 valence electrons. The van der Waals surface area contributed by atoms with Gasteiger partial charge in [0.1, 0.15) is 5.75 Å². The van der Waals surface area contributed by atoms with Gasteiger partial charge in [-0.3, -0.25) is 0 Å². The molecule has 0 spiro atoms. The highest BCUT2D eigenvalue weighted by molar-refractivity contribution is 6.35. The molecule has 0 atom stereocenters. The van der Waals surface area contributed by atoms with Crippen molar-refractivity contribution in [3.63, 3.8) is 0 Å². The van der Waals surface area contributed by atoms with Crippen LogP contribution in [-0.2, 0) is 13.2 Å². The minimum atomic E-state index is 0.166. The van der Waals surface area contributed by atoms with E-state index in [1.807, 2.05) is 7.05 Å². The maximum absolute atomic E-state index is 6.14. The first-order valence-electron chi connectivity index (χ1n) is 5.64. The van der Waals surface area contributed by atoms with Crippen molar-refractivity contribution in [3.8, 4) is 5.75 Å². The van der Waals surface area contributed by atoms with Crippen molar-refractivity contribution >= 4 is 23.2 Å². The molecule has 0 bridgehead atoms. The molecule has 1 N–H and O–H groups in total. The molecule has 0 fully saturated rings. The van der Waals surface area contributed by atoms with Gasteiger partial charge in [-0.25, -0.2) is 0 Å². The minimum Gasteiger partial charge on any atom is -0.482 e. The van der Waals surface area contributed by atoms with Crippen molar-refractivity contribution in [2.75, 3.05) is 7.05 Å². The van der Waals surface area contributed by atoms with Crippen LogP contribution < -0.4 is 10.1 Å². The zero-order valence-electron chi connectivity index (χ0n) is 10.5. The normalized spacial score (nSPS) is 10.7. The zero-order valence-corrected chi connectivity index (χ0v) is 12.0. The summed E-state index contributed by atoms with van der Waals surface area (Å²) in [5, 5.41) is 11.6. The Labute approximate surface area is 120 Å². The minimum absolute atomic E-state index is 0.166. The van der Waals surface area contributed by atoms with Gasteiger partial charge in [0.05, 0.1) is 5.02 Å². The molecule has 0 aliphatic carbocycles. The van der Waals surface area contributed by atoms with Crippen LogP contribution in [0.4, 0.5) is 0 Å². The van der Waals surface area contributed by atoms with Crippen molar-refractivity contribution in [2.45, 2.75) is 20.1 Å². The number of halogens is 2. The van der Waals surface area contributed by atoms with E-state index in [1.54, 1.807) is 19.1 Å². The summed E-state index contributed by atoms with van der Waals surface area (Å²) in [6, 6.07) is 3.44. The Kier molecular flexibility index (Phi) is 4.63. The number of nitrogens with zero attached hydrogens (tertiary/aromatic N) is 2. The molecule has 1 aromatic carbocycles. The maximum atomic E-state index is 6.14. The first-order valence-corrected chi connectivity index (χ1v) is 6.40. The van der Waals surface area contributed by atoms with Crippen molar-refractivity contribution < 1.29 is 9.15 Å². The molecular formula is C12H13Cl2N3O2. The number of aryl methyl sites for hydroxylation is 1. The largest absolute Gasteiger partial charge is 0.482 e. The first-order chi connectivity index (χ1) is 9.10. The molecule has 1 aromatic heterocycles. The molecule has 2 aromatic rings. The second-order valence-electron chi connectivity index (χ2n) is 3.91. The van der Waals surface area contributed by atoms with Crippen molar-refractivity contribution in [1.29, 1.82) is 0 Å². The van der Waals surface area contributed by atoms with Crippen LogP contribution in [0.15, 0.2) is 16.5 Å². The van der Waals surface area contributed by atoms with E-state index >= 15 is 0 Å². The quantitative estimate of drug-likeness (QED) is 0.920. The van der Waals surface area contributed by atoms with Crippen LogP contribution in [0.3, 0.4) is 0 Å². The van der Waals surface area contributed by atoms with Gasteiger partial charge in [-0.15, -0.1) is 10.2 Å². The summed E-state index contributed by atoms with van der Waals surface area (Å²) in [6.45, 7) is 2.48. The van der Waals surface area contributed by atoms with Crippen molar-refractivity contribution in [3.05, 3.63) is 39.5 Å². The van der Waals surface area contributed by atoms with Gasteiger partial charge >= 0.3 is 0 Å². The van der Waals surface area contributed by atoms with E-state index in [4.69, 9.17) is 32.4 Å². The summed E-state index contributed by atoms with van der Waals surface area (Å²) in [6.07, 6.45) is 0. The van der Waals surface area contributed by atoms with Gasteiger partial charge in [-0.05, 0) is 19.2 Å². The van der Waals surface area contributed by atoms with E-state index in [0.717, 1.165) is 5.56 Å². The molecule has 19 heavy (non-hydrogen) atoms. The SMILES string of the molecule is CNCc1cc(Cl)cc(Cl)c1OCc1nnc(C)o1. The van der Waals surface area contributed by atoms with Gasteiger partial charge in [0, 0.05) is 24.1 Å². The summed E-state index contributed by atoms with van der Waals surface area (Å²) in [4.78, 5) is 0. The lowest BCUT2D eigenvalue weighted by Crippen LogP contribution is -2.08. The fraction of sp³-hybridized carbons (Fsp3) is 0.333. The number of ether oxygens (including phenoxy) is 1. The van der Waals surface area contributed by atoms with Gasteiger partial charge in [0.15, 0.2) is 6.61 Å². The Bertz CT molecular complexity index is 572. The fourth-order valence-corrected chi connectivity index (χ4v) is 2.22. The van der Waals surface area contributed by atoms with Crippen LogP contribution in [0, 0.1) is 6.92 Å². The monoisotopic (exact) mass is 301 g/mol. The molecule has 2 rings (SSSR count). The second kappa shape index (κ2) is 6.23. The summed E-state index contributed by atoms with van der Waals surface area (Å²) in [7, 11) is 1.83. The van der Waals surface area contributed by atoms with Crippen LogP contribution in [0.1, 0.15) is 17.3 Å². The number of benzene rings is 1. The van der Waals surface area contributed by atoms with Gasteiger partial charge in [0.2, 0.25) is 5.89 Å². The van der Waals surface area contributed by atoms with E-state index in [9.17, 15) is 0 Å². The summed E-state index contributed by atoms with van der Waals surface area (Å²) in [5.41, 5.74) is 0.872. The van der Waals surface area contributed by atoms with Crippen molar-refractivity contribution in [2.24, 2.45) is 0 Å². The predicted molar refractivity (Wildman–Crippen MR) is 72.6 cm³/mol. The number of hydrogen-bond donors (Lipinski definition) is 1. The third kappa shape index (κ3) is 3.59. The summed E-state index contributed by atoms with van der Waals surface area (Å²) >= 11 is 12.1. The Morgan fingerprint density at radius 2 is 2.11 bits per heavy atom. The van der Waals surface area contributed by atoms with Gasteiger partial charge in [0.25, 0.3) is 5.89 Å². The molecular weight excluding hydrogens is 289 g/mol. The van der Waals surface area contributed by atoms with Gasteiger partial charge in [-0.2, -0.15) is 0 Å². The second-order valence-corrected chi connectivity index (χ2v) is 4.75. The van der Waals surface area contributed by atoms with E-state index in [2.05, 4.69) is 15.5 Å². The molecule has 0 radical (unpaired) electrons. The summed E-state index contributed by atoms with van der Waals surface area (Å²) < 4.78 is 10.9. The highest BCUT2D eigenvalue weighted by Gasteiger charge is 2.12. The standard InChI is InChI=1S/C12H13Cl2N3O2/c1-7-16-17-11(19-7)6-18-12-8(5-15-2)3-9(13)4-10(12)14/h3-4,15H,5-6H2,1-2H3. The third-order valence-electron chi connectivity index (χ3n) is 2.36. The Morgan fingerprint density at radius 1 is 1.32 bits per heavy atom. The molecule has 1 heterocycles. The number of rotatable bonds is 5. The smallest absolute Gasteiger partial charge is 0.253 e. The van der Waals surface area contributed by atoms with E-state index in [-0.39, 0.29) is 6.61 Å². The van der Waals surface area contributed by atoms with E-state index in [0.29, 0.717) is 34.1 Å². The number of nitrogens with one attached hydrogen (secondary N) is 1. The average molecular weight is 302 g/mol. The highest BCUT2D eigenvalue weighted by atomic mass is 35.5. The zero-order chi connectivity index (χ0) is 13.8. The van der Waals surface area contributed by atoms with Crippen LogP contribution in [-0.4, -0.2) is 17.2 Å². The topological polar surface area (TPSA) is 60.2 Å². The van der Waals surface area contributed by atoms with E-state index in [1.165, 1.54) is 0 Å². The highest BCUT2D eigenvalue weighted by Crippen LogP contribution is 2.32. The molecule has 0 saturated heterocycles. The Morgan fingerprint density at radius 3 is 2.74 bits per heavy atom. The van der Waals surface area contributed by atoms with Gasteiger partial charge in [-0.1, -0.05) is 23.2 Å². The number of hydrogen-bond acceptors (Lipinski definition) is 5. The average Bonchev–Trinajstić information content (AvgIpc) is 2.74. The lowest BCUT2D eigenvalue weighted by atomic mass is 10.2. The molecule has 0 amide bonds. The van der Waals surface area contributed by atoms with Crippen LogP contribution in [0.2, 0.25) is 10.0 Å². The lowest BCUT2D eigenvalue weighted by molar-refractivity contribution is 0.258. The van der Waals surface area contributed by atoms with Crippen molar-refractivity contribution in [1.82, 2.24) is 15.5 Å². The molecule has 0 aliphatic heterocycles. The molecule has 0 aliphatic rings. The summed E-state index contributed by atoms with van der Waals surface area (Å²) in [5.74, 6) is 1.46. The molecule has 0 saturated carbocycles. The van der Waals surface area contributed by atoms with Crippen LogP contribution in [0.25, 0.3) is 0 Å². The fourth-order valence-electron chi connectivity index (χ4n) is 1.63. The van der Waals surface area contributed by atoms with E-state index < -0.39 is 0 Å². The lowest BCUT2D eigenvalue weighted by Gasteiger charge is -2.12.